The molecule has 1 nitrogen and oxygen atoms in total. The molecule has 0 aromatic heterocycles. The highest BCUT2D eigenvalue weighted by molar-refractivity contribution is 5.53. The summed E-state index contributed by atoms with van der Waals surface area (Å²) in [6.07, 6.45) is 4.69. The van der Waals surface area contributed by atoms with Crippen molar-refractivity contribution in [3.05, 3.63) is 24.1 Å². The van der Waals surface area contributed by atoms with Crippen molar-refractivity contribution >= 4 is 6.29 Å². The van der Waals surface area contributed by atoms with Gasteiger partial charge in [-0.2, -0.15) is 0 Å². The Morgan fingerprint density at radius 2 is 2.09 bits per heavy atom. The molecule has 0 aromatic rings. The van der Waals surface area contributed by atoms with Gasteiger partial charge in [0.1, 0.15) is 18.8 Å². The van der Waals surface area contributed by atoms with E-state index in [1.54, 1.807) is 0 Å². The highest BCUT2D eigenvalue weighted by Crippen LogP contribution is 2.01. The first-order valence-corrected chi connectivity index (χ1v) is 3.30. The number of carbonyl (C=O) groups is 1. The lowest BCUT2D eigenvalue weighted by atomic mass is 10.3. The van der Waals surface area contributed by atoms with Crippen molar-refractivity contribution in [1.82, 2.24) is 0 Å². The molecule has 0 spiro atoms. The van der Waals surface area contributed by atoms with E-state index in [0.717, 1.165) is 0 Å². The van der Waals surface area contributed by atoms with E-state index in [4.69, 9.17) is 0 Å². The zero-order valence-electron chi connectivity index (χ0n) is 6.09. The van der Waals surface area contributed by atoms with Crippen LogP contribution in [0.3, 0.4) is 0 Å². The summed E-state index contributed by atoms with van der Waals surface area (Å²) in [6, 6.07) is 0. The van der Waals surface area contributed by atoms with Crippen LogP contribution in [0.25, 0.3) is 0 Å². The molecule has 0 aliphatic heterocycles. The van der Waals surface area contributed by atoms with Crippen LogP contribution in [0.4, 0.5) is 8.78 Å². The topological polar surface area (TPSA) is 17.1 Å². The lowest BCUT2D eigenvalue weighted by Gasteiger charge is -1.85. The molecule has 0 unspecified atom stereocenters. The number of rotatable bonds is 5. The Morgan fingerprint density at radius 3 is 2.64 bits per heavy atom. The molecule has 0 aliphatic carbocycles. The lowest BCUT2D eigenvalue weighted by molar-refractivity contribution is -0.107. The first-order chi connectivity index (χ1) is 5.31. The summed E-state index contributed by atoms with van der Waals surface area (Å²) in [4.78, 5) is 9.75. The van der Waals surface area contributed by atoms with Gasteiger partial charge in [-0.05, 0) is 12.5 Å². The Balaban J connectivity index is 3.54. The maximum absolute atomic E-state index is 12.3. The third-order valence-electron chi connectivity index (χ3n) is 1.01. The van der Waals surface area contributed by atoms with Crippen LogP contribution in [-0.4, -0.2) is 13.0 Å². The summed E-state index contributed by atoms with van der Waals surface area (Å²) in [5.74, 6) is -0.469. The Hall–Kier alpha value is -0.990. The van der Waals surface area contributed by atoms with Gasteiger partial charge in [0, 0.05) is 0 Å². The number of hydrogen-bond donors (Lipinski definition) is 0. The number of carbonyl (C=O) groups excluding carboxylic acids is 1. The Kier molecular flexibility index (Phi) is 6.48. The summed E-state index contributed by atoms with van der Waals surface area (Å²) in [5, 5.41) is 0. The highest BCUT2D eigenvalue weighted by Gasteiger charge is 1.89. The van der Waals surface area contributed by atoms with E-state index in [2.05, 4.69) is 0 Å². The highest BCUT2D eigenvalue weighted by atomic mass is 19.1. The Bertz CT molecular complexity index is 161. The summed E-state index contributed by atoms with van der Waals surface area (Å²) in [7, 11) is 0. The smallest absolute Gasteiger partial charge is 0.126 e. The second-order valence-electron chi connectivity index (χ2n) is 1.88. The minimum atomic E-state index is -0.539. The van der Waals surface area contributed by atoms with Crippen molar-refractivity contribution in [3.63, 3.8) is 0 Å². The van der Waals surface area contributed by atoms with Crippen molar-refractivity contribution in [2.75, 3.05) is 6.67 Å². The summed E-state index contributed by atoms with van der Waals surface area (Å²) in [6.45, 7) is -0.539. The molecular weight excluding hydrogens is 150 g/mol. The molecule has 0 saturated heterocycles. The number of allylic oxidation sites excluding steroid dienone is 4. The van der Waals surface area contributed by atoms with Gasteiger partial charge in [0.15, 0.2) is 0 Å². The molecule has 0 rings (SSSR count). The maximum atomic E-state index is 12.3. The monoisotopic (exact) mass is 160 g/mol. The molecule has 0 N–H and O–H groups in total. The fourth-order valence-electron chi connectivity index (χ4n) is 0.518. The van der Waals surface area contributed by atoms with Gasteiger partial charge in [-0.15, -0.1) is 0 Å². The fraction of sp³-hybridized carbons (Fsp3) is 0.375. The molecular formula is C8H10F2O. The predicted molar refractivity (Wildman–Crippen MR) is 39.6 cm³/mol. The van der Waals surface area contributed by atoms with E-state index in [-0.39, 0.29) is 6.42 Å². The van der Waals surface area contributed by atoms with Gasteiger partial charge in [-0.1, -0.05) is 12.2 Å². The molecule has 62 valence electrons. The zero-order valence-corrected chi connectivity index (χ0v) is 6.09. The standard InChI is InChI=1S/C8H10F2O/c9-6-3-1-2-4-8(10)5-7-11/h1,3-4,7H,2,5-6H2/b3-1-,8-4+. The van der Waals surface area contributed by atoms with Crippen molar-refractivity contribution in [2.24, 2.45) is 0 Å². The average Bonchev–Trinajstić information content (AvgIpc) is 1.99. The molecule has 0 aromatic carbocycles. The van der Waals surface area contributed by atoms with Gasteiger partial charge in [0.25, 0.3) is 0 Å². The van der Waals surface area contributed by atoms with Crippen LogP contribution in [0.2, 0.25) is 0 Å². The third-order valence-corrected chi connectivity index (χ3v) is 1.01. The number of halogens is 2. The predicted octanol–water partition coefficient (Wildman–Crippen LogP) is 2.34. The van der Waals surface area contributed by atoms with Crippen LogP contribution in [0.5, 0.6) is 0 Å². The van der Waals surface area contributed by atoms with E-state index in [1.165, 1.54) is 18.2 Å². The Labute approximate surface area is 64.4 Å². The van der Waals surface area contributed by atoms with E-state index in [0.29, 0.717) is 12.7 Å². The molecule has 0 heterocycles. The fourth-order valence-corrected chi connectivity index (χ4v) is 0.518. The van der Waals surface area contributed by atoms with Crippen LogP contribution in [-0.2, 0) is 4.79 Å². The van der Waals surface area contributed by atoms with Crippen LogP contribution >= 0.6 is 0 Å². The first-order valence-electron chi connectivity index (χ1n) is 3.30. The molecule has 0 amide bonds. The van der Waals surface area contributed by atoms with Gasteiger partial charge >= 0.3 is 0 Å². The number of aldehydes is 1. The van der Waals surface area contributed by atoms with Crippen LogP contribution in [0.1, 0.15) is 12.8 Å². The normalized spacial score (nSPS) is 12.4. The molecule has 3 heteroatoms. The van der Waals surface area contributed by atoms with Crippen LogP contribution < -0.4 is 0 Å². The van der Waals surface area contributed by atoms with E-state index < -0.39 is 12.5 Å². The molecule has 0 fully saturated rings. The van der Waals surface area contributed by atoms with Crippen LogP contribution in [0, 0.1) is 0 Å². The minimum absolute atomic E-state index is 0.191. The van der Waals surface area contributed by atoms with E-state index >= 15 is 0 Å². The molecule has 11 heavy (non-hydrogen) atoms. The number of alkyl halides is 1. The maximum Gasteiger partial charge on any atom is 0.126 e. The van der Waals surface area contributed by atoms with Gasteiger partial charge in [0.2, 0.25) is 0 Å². The first kappa shape index (κ1) is 10.0. The largest absolute Gasteiger partial charge is 0.303 e. The molecule has 0 atom stereocenters. The van der Waals surface area contributed by atoms with Gasteiger partial charge in [-0.3, -0.25) is 0 Å². The second kappa shape index (κ2) is 7.12. The summed E-state index contributed by atoms with van der Waals surface area (Å²) >= 11 is 0. The summed E-state index contributed by atoms with van der Waals surface area (Å²) < 4.78 is 23.7. The molecule has 0 saturated carbocycles. The number of hydrogen-bond acceptors (Lipinski definition) is 1. The second-order valence-corrected chi connectivity index (χ2v) is 1.88. The van der Waals surface area contributed by atoms with Crippen molar-refractivity contribution in [1.29, 1.82) is 0 Å². The van der Waals surface area contributed by atoms with Crippen molar-refractivity contribution < 1.29 is 13.6 Å². The van der Waals surface area contributed by atoms with E-state index in [1.807, 2.05) is 0 Å². The van der Waals surface area contributed by atoms with Crippen LogP contribution in [0.15, 0.2) is 24.1 Å². The minimum Gasteiger partial charge on any atom is -0.303 e. The quantitative estimate of drug-likeness (QED) is 0.445. The van der Waals surface area contributed by atoms with Gasteiger partial charge in [0.05, 0.1) is 6.42 Å². The Morgan fingerprint density at radius 1 is 1.36 bits per heavy atom. The average molecular weight is 160 g/mol. The van der Waals surface area contributed by atoms with E-state index in [9.17, 15) is 13.6 Å². The SMILES string of the molecule is O=CC/C(F)=C\C/C=C\CF. The van der Waals surface area contributed by atoms with Crippen molar-refractivity contribution in [3.8, 4) is 0 Å². The van der Waals surface area contributed by atoms with Crippen molar-refractivity contribution in [2.45, 2.75) is 12.8 Å². The van der Waals surface area contributed by atoms with Gasteiger partial charge in [-0.25, -0.2) is 8.78 Å². The molecule has 0 aliphatic rings. The van der Waals surface area contributed by atoms with Gasteiger partial charge < -0.3 is 4.79 Å². The molecule has 0 radical (unpaired) electrons. The summed E-state index contributed by atoms with van der Waals surface area (Å²) in [5.41, 5.74) is 0. The third kappa shape index (κ3) is 6.90. The molecule has 0 bridgehead atoms. The lowest BCUT2D eigenvalue weighted by Crippen LogP contribution is -1.75. The zero-order chi connectivity index (χ0) is 8.53.